The van der Waals surface area contributed by atoms with Crippen LogP contribution in [-0.2, 0) is 16.8 Å². The molecule has 4 aliphatic rings. The molecule has 34 heavy (non-hydrogen) atoms. The minimum Gasteiger partial charge on any atom is -0.478 e. The van der Waals surface area contributed by atoms with Gasteiger partial charge in [0.25, 0.3) is 0 Å². The Morgan fingerprint density at radius 2 is 1.85 bits per heavy atom. The largest absolute Gasteiger partial charge is 0.478 e. The number of ether oxygens (including phenoxy) is 1. The Balaban J connectivity index is 1.10. The molecule has 176 valence electrons. The molecule has 0 aromatic heterocycles. The number of carboxylic acids is 1. The van der Waals surface area contributed by atoms with Crippen LogP contribution in [-0.4, -0.2) is 40.4 Å². The molecule has 2 aromatic rings. The molecule has 0 radical (unpaired) electrons. The summed E-state index contributed by atoms with van der Waals surface area (Å²) in [5, 5.41) is 14.2. The summed E-state index contributed by atoms with van der Waals surface area (Å²) < 4.78 is 5.91. The number of fused-ring (bicyclic) bond motifs is 2. The van der Waals surface area contributed by atoms with Gasteiger partial charge < -0.3 is 14.7 Å². The maximum Gasteiger partial charge on any atom is 0.335 e. The number of hydrogen-bond acceptors (Lipinski definition) is 5. The van der Waals surface area contributed by atoms with E-state index in [1.165, 1.54) is 24.0 Å². The maximum absolute atomic E-state index is 11.1. The molecule has 1 saturated heterocycles. The Hall–Kier alpha value is -2.83. The zero-order valence-electron chi connectivity index (χ0n) is 19.0. The fourth-order valence-corrected chi connectivity index (χ4v) is 5.90. The third-order valence-electron chi connectivity index (χ3n) is 7.79. The fourth-order valence-electron chi connectivity index (χ4n) is 5.62. The number of nitrogens with zero attached hydrogens (tertiary/aromatic N) is 2. The SMILES string of the molecule is C=C1CC2(CC2)c2cc(CN3CCC4(CC3)CC(c3ccc(C(=O)O)cc3)=NO4)cc(Cl)c2O1. The van der Waals surface area contributed by atoms with Gasteiger partial charge in [0.1, 0.15) is 11.4 Å². The number of rotatable bonds is 4. The number of halogens is 1. The quantitative estimate of drug-likeness (QED) is 0.626. The molecular weight excluding hydrogens is 452 g/mol. The van der Waals surface area contributed by atoms with Crippen LogP contribution in [0.3, 0.4) is 0 Å². The highest BCUT2D eigenvalue weighted by Crippen LogP contribution is 2.59. The van der Waals surface area contributed by atoms with Crippen LogP contribution in [0.5, 0.6) is 5.75 Å². The van der Waals surface area contributed by atoms with Gasteiger partial charge in [-0.25, -0.2) is 4.79 Å². The molecule has 3 heterocycles. The second-order valence-corrected chi connectivity index (χ2v) is 10.6. The van der Waals surface area contributed by atoms with Gasteiger partial charge in [-0.2, -0.15) is 0 Å². The van der Waals surface area contributed by atoms with Crippen LogP contribution in [0, 0.1) is 0 Å². The van der Waals surface area contributed by atoms with Crippen LogP contribution >= 0.6 is 11.6 Å². The van der Waals surface area contributed by atoms with E-state index in [-0.39, 0.29) is 16.6 Å². The lowest BCUT2D eigenvalue weighted by molar-refractivity contribution is -0.0627. The first-order valence-corrected chi connectivity index (χ1v) is 12.2. The predicted molar refractivity (Wildman–Crippen MR) is 130 cm³/mol. The lowest BCUT2D eigenvalue weighted by atomic mass is 9.85. The molecule has 2 aromatic carbocycles. The van der Waals surface area contributed by atoms with Crippen LogP contribution in [0.15, 0.2) is 53.9 Å². The highest BCUT2D eigenvalue weighted by molar-refractivity contribution is 6.32. The minimum absolute atomic E-state index is 0.185. The summed E-state index contributed by atoms with van der Waals surface area (Å²) in [5.74, 6) is 0.694. The van der Waals surface area contributed by atoms with Crippen LogP contribution in [0.2, 0.25) is 5.02 Å². The standard InChI is InChI=1S/C27H27ClN2O4/c1-17-14-26(6-7-26)21-12-18(13-22(28)24(21)33-17)16-30-10-8-27(9-11-30)15-23(29-34-27)19-2-4-20(5-3-19)25(31)32/h2-5,12-13H,1,6-11,14-16H2,(H,31,32). The number of likely N-dealkylation sites (tertiary alicyclic amines) is 1. The van der Waals surface area contributed by atoms with Gasteiger partial charge in [-0.15, -0.1) is 0 Å². The number of aromatic carboxylic acids is 1. The highest BCUT2D eigenvalue weighted by Gasteiger charge is 2.50. The topological polar surface area (TPSA) is 71.4 Å². The van der Waals surface area contributed by atoms with Gasteiger partial charge in [0.15, 0.2) is 0 Å². The van der Waals surface area contributed by atoms with E-state index >= 15 is 0 Å². The van der Waals surface area contributed by atoms with E-state index in [1.807, 2.05) is 18.2 Å². The second-order valence-electron chi connectivity index (χ2n) is 10.2. The minimum atomic E-state index is -0.925. The highest BCUT2D eigenvalue weighted by atomic mass is 35.5. The molecule has 2 fully saturated rings. The third kappa shape index (κ3) is 3.79. The molecule has 0 amide bonds. The van der Waals surface area contributed by atoms with Gasteiger partial charge in [-0.05, 0) is 42.2 Å². The molecule has 1 aliphatic carbocycles. The van der Waals surface area contributed by atoms with Crippen molar-refractivity contribution >= 4 is 23.3 Å². The van der Waals surface area contributed by atoms with E-state index in [0.717, 1.165) is 68.1 Å². The smallest absolute Gasteiger partial charge is 0.335 e. The zero-order chi connectivity index (χ0) is 23.5. The van der Waals surface area contributed by atoms with Gasteiger partial charge in [-0.3, -0.25) is 4.90 Å². The van der Waals surface area contributed by atoms with Gasteiger partial charge in [0.05, 0.1) is 22.1 Å². The molecule has 0 unspecified atom stereocenters. The van der Waals surface area contributed by atoms with Crippen molar-refractivity contribution in [2.75, 3.05) is 13.1 Å². The molecule has 6 nitrogen and oxygen atoms in total. The van der Waals surface area contributed by atoms with Crippen molar-refractivity contribution in [1.82, 2.24) is 4.90 Å². The monoisotopic (exact) mass is 478 g/mol. The van der Waals surface area contributed by atoms with E-state index in [9.17, 15) is 4.79 Å². The number of benzene rings is 2. The Morgan fingerprint density at radius 1 is 1.12 bits per heavy atom. The first-order chi connectivity index (χ1) is 16.3. The van der Waals surface area contributed by atoms with E-state index in [4.69, 9.17) is 26.3 Å². The molecule has 3 aliphatic heterocycles. The van der Waals surface area contributed by atoms with Crippen LogP contribution in [0.1, 0.15) is 65.6 Å². The van der Waals surface area contributed by atoms with Crippen molar-refractivity contribution in [3.63, 3.8) is 0 Å². The molecule has 0 bridgehead atoms. The van der Waals surface area contributed by atoms with Crippen molar-refractivity contribution in [3.8, 4) is 5.75 Å². The Kier molecular flexibility index (Phi) is 5.01. The lowest BCUT2D eigenvalue weighted by Gasteiger charge is -2.37. The number of allylic oxidation sites excluding steroid dienone is 1. The van der Waals surface area contributed by atoms with E-state index < -0.39 is 5.97 Å². The molecule has 0 atom stereocenters. The first kappa shape index (κ1) is 21.7. The van der Waals surface area contributed by atoms with Crippen LogP contribution < -0.4 is 4.74 Å². The average Bonchev–Trinajstić information content (AvgIpc) is 3.46. The maximum atomic E-state index is 11.1. The first-order valence-electron chi connectivity index (χ1n) is 11.8. The van der Waals surface area contributed by atoms with Crippen molar-refractivity contribution in [2.45, 2.75) is 56.1 Å². The average molecular weight is 479 g/mol. The number of carbonyl (C=O) groups is 1. The molecule has 1 saturated carbocycles. The number of piperidine rings is 1. The molecule has 1 N–H and O–H groups in total. The fraction of sp³-hybridized carbons (Fsp3) is 0.407. The second kappa shape index (κ2) is 7.85. The van der Waals surface area contributed by atoms with Crippen molar-refractivity contribution in [1.29, 1.82) is 0 Å². The Bertz CT molecular complexity index is 1210. The normalized spacial score (nSPS) is 22.1. The number of carboxylic acid groups (broad SMARTS) is 1. The summed E-state index contributed by atoms with van der Waals surface area (Å²) in [6.07, 6.45) is 5.80. The van der Waals surface area contributed by atoms with E-state index in [0.29, 0.717) is 5.02 Å². The number of oxime groups is 1. The molecule has 7 heteroatoms. The molecule has 2 spiro atoms. The Morgan fingerprint density at radius 3 is 2.53 bits per heavy atom. The van der Waals surface area contributed by atoms with Crippen LogP contribution in [0.25, 0.3) is 0 Å². The molecular formula is C27H27ClN2O4. The van der Waals surface area contributed by atoms with Crippen molar-refractivity contribution in [3.05, 3.63) is 76.0 Å². The summed E-state index contributed by atoms with van der Waals surface area (Å²) in [5.41, 5.74) is 4.49. The summed E-state index contributed by atoms with van der Waals surface area (Å²) >= 11 is 6.63. The zero-order valence-corrected chi connectivity index (χ0v) is 19.7. The van der Waals surface area contributed by atoms with Gasteiger partial charge in [0.2, 0.25) is 0 Å². The molecule has 6 rings (SSSR count). The summed E-state index contributed by atoms with van der Waals surface area (Å²) in [7, 11) is 0. The Labute approximate surface area is 203 Å². The summed E-state index contributed by atoms with van der Waals surface area (Å²) in [6.45, 7) is 6.74. The van der Waals surface area contributed by atoms with Gasteiger partial charge in [-0.1, -0.05) is 41.5 Å². The van der Waals surface area contributed by atoms with Crippen LogP contribution in [0.4, 0.5) is 0 Å². The number of hydrogen-bond donors (Lipinski definition) is 1. The predicted octanol–water partition coefficient (Wildman–Crippen LogP) is 5.53. The van der Waals surface area contributed by atoms with Crippen molar-refractivity contribution in [2.24, 2.45) is 5.16 Å². The van der Waals surface area contributed by atoms with Crippen molar-refractivity contribution < 1.29 is 19.5 Å². The summed E-state index contributed by atoms with van der Waals surface area (Å²) in [6, 6.07) is 11.2. The van der Waals surface area contributed by atoms with E-state index in [1.54, 1.807) is 12.1 Å². The van der Waals surface area contributed by atoms with Gasteiger partial charge in [0, 0.05) is 56.3 Å². The third-order valence-corrected chi connectivity index (χ3v) is 8.07. The van der Waals surface area contributed by atoms with Gasteiger partial charge >= 0.3 is 5.97 Å². The van der Waals surface area contributed by atoms with E-state index in [2.05, 4.69) is 22.7 Å². The summed E-state index contributed by atoms with van der Waals surface area (Å²) in [4.78, 5) is 19.5. The lowest BCUT2D eigenvalue weighted by Crippen LogP contribution is -2.44.